The van der Waals surface area contributed by atoms with Gasteiger partial charge in [-0.2, -0.15) is 0 Å². The standard InChI is InChI=1S/C16H25NO3/c1-4-10-16(11-5-2)12-6-7-13-17(16)14(18)8-9-15(19)20-3/h4-5H,1-2,6-13H2,3H3. The van der Waals surface area contributed by atoms with Gasteiger partial charge < -0.3 is 9.64 Å². The van der Waals surface area contributed by atoms with Crippen LogP contribution in [-0.4, -0.2) is 36.0 Å². The highest BCUT2D eigenvalue weighted by molar-refractivity contribution is 5.82. The largest absolute Gasteiger partial charge is 0.469 e. The minimum absolute atomic E-state index is 0.0267. The lowest BCUT2D eigenvalue weighted by molar-refractivity contribution is -0.146. The monoisotopic (exact) mass is 279 g/mol. The Morgan fingerprint density at radius 2 is 1.85 bits per heavy atom. The molecule has 0 aromatic carbocycles. The molecule has 112 valence electrons. The Labute approximate surface area is 121 Å². The molecule has 0 bridgehead atoms. The Kier molecular flexibility index (Phi) is 6.49. The second-order valence-electron chi connectivity index (χ2n) is 5.29. The van der Waals surface area contributed by atoms with Gasteiger partial charge in [0.15, 0.2) is 0 Å². The number of hydrogen-bond donors (Lipinski definition) is 0. The zero-order valence-corrected chi connectivity index (χ0v) is 12.4. The van der Waals surface area contributed by atoms with Crippen molar-refractivity contribution in [2.75, 3.05) is 13.7 Å². The van der Waals surface area contributed by atoms with E-state index >= 15 is 0 Å². The summed E-state index contributed by atoms with van der Waals surface area (Å²) >= 11 is 0. The smallest absolute Gasteiger partial charge is 0.306 e. The van der Waals surface area contributed by atoms with Crippen molar-refractivity contribution in [2.24, 2.45) is 0 Å². The fourth-order valence-electron chi connectivity index (χ4n) is 2.98. The van der Waals surface area contributed by atoms with Crippen molar-refractivity contribution >= 4 is 11.9 Å². The molecule has 1 amide bonds. The van der Waals surface area contributed by atoms with Gasteiger partial charge >= 0.3 is 5.97 Å². The number of esters is 1. The second kappa shape index (κ2) is 7.88. The van der Waals surface area contributed by atoms with Gasteiger partial charge in [0.2, 0.25) is 5.91 Å². The van der Waals surface area contributed by atoms with E-state index in [0.717, 1.165) is 38.6 Å². The second-order valence-corrected chi connectivity index (χ2v) is 5.29. The summed E-state index contributed by atoms with van der Waals surface area (Å²) in [6.45, 7) is 8.39. The number of methoxy groups -OCH3 is 1. The van der Waals surface area contributed by atoms with Gasteiger partial charge in [-0.15, -0.1) is 13.2 Å². The van der Waals surface area contributed by atoms with Gasteiger partial charge in [0.05, 0.1) is 13.5 Å². The summed E-state index contributed by atoms with van der Waals surface area (Å²) < 4.78 is 4.59. The lowest BCUT2D eigenvalue weighted by Gasteiger charge is -2.47. The first kappa shape index (κ1) is 16.5. The van der Waals surface area contributed by atoms with Crippen molar-refractivity contribution < 1.29 is 14.3 Å². The van der Waals surface area contributed by atoms with Gasteiger partial charge in [0.1, 0.15) is 0 Å². The van der Waals surface area contributed by atoms with E-state index < -0.39 is 0 Å². The number of carbonyl (C=O) groups excluding carboxylic acids is 2. The molecule has 1 aliphatic rings. The lowest BCUT2D eigenvalue weighted by atomic mass is 9.80. The summed E-state index contributed by atoms with van der Waals surface area (Å²) in [7, 11) is 1.34. The van der Waals surface area contributed by atoms with Gasteiger partial charge in [0, 0.05) is 18.5 Å². The molecular weight excluding hydrogens is 254 g/mol. The van der Waals surface area contributed by atoms with Crippen molar-refractivity contribution in [1.82, 2.24) is 4.90 Å². The van der Waals surface area contributed by atoms with E-state index in [1.807, 2.05) is 17.1 Å². The van der Waals surface area contributed by atoms with Crippen LogP contribution in [0, 0.1) is 0 Å². The molecule has 0 aliphatic carbocycles. The molecule has 0 N–H and O–H groups in total. The van der Waals surface area contributed by atoms with Crippen molar-refractivity contribution in [3.8, 4) is 0 Å². The third-order valence-corrected chi connectivity index (χ3v) is 3.97. The molecule has 0 unspecified atom stereocenters. The summed E-state index contributed by atoms with van der Waals surface area (Å²) in [6, 6.07) is 0. The van der Waals surface area contributed by atoms with Gasteiger partial charge in [-0.25, -0.2) is 0 Å². The zero-order chi connectivity index (χ0) is 15.0. The van der Waals surface area contributed by atoms with Gasteiger partial charge in [0.25, 0.3) is 0 Å². The van der Waals surface area contributed by atoms with E-state index in [9.17, 15) is 9.59 Å². The SMILES string of the molecule is C=CCC1(CC=C)CCCCN1C(=O)CCC(=O)OC. The van der Waals surface area contributed by atoms with Crippen molar-refractivity contribution in [1.29, 1.82) is 0 Å². The molecule has 1 aliphatic heterocycles. The van der Waals surface area contributed by atoms with E-state index in [2.05, 4.69) is 17.9 Å². The van der Waals surface area contributed by atoms with E-state index in [-0.39, 0.29) is 30.3 Å². The highest BCUT2D eigenvalue weighted by Gasteiger charge is 2.39. The van der Waals surface area contributed by atoms with Crippen molar-refractivity contribution in [3.63, 3.8) is 0 Å². The van der Waals surface area contributed by atoms with E-state index in [1.165, 1.54) is 7.11 Å². The minimum atomic E-state index is -0.339. The fourth-order valence-corrected chi connectivity index (χ4v) is 2.98. The first-order valence-electron chi connectivity index (χ1n) is 7.18. The van der Waals surface area contributed by atoms with Crippen LogP contribution in [-0.2, 0) is 14.3 Å². The number of ether oxygens (including phenoxy) is 1. The number of nitrogens with zero attached hydrogens (tertiary/aromatic N) is 1. The van der Waals surface area contributed by atoms with Crippen LogP contribution in [0.15, 0.2) is 25.3 Å². The molecule has 4 heteroatoms. The third-order valence-electron chi connectivity index (χ3n) is 3.97. The first-order valence-corrected chi connectivity index (χ1v) is 7.18. The average molecular weight is 279 g/mol. The summed E-state index contributed by atoms with van der Waals surface area (Å²) in [5, 5.41) is 0. The fraction of sp³-hybridized carbons (Fsp3) is 0.625. The summed E-state index contributed by atoms with van der Waals surface area (Å²) in [4.78, 5) is 25.6. The van der Waals surface area contributed by atoms with Crippen LogP contribution in [0.25, 0.3) is 0 Å². The van der Waals surface area contributed by atoms with Crippen LogP contribution in [0.1, 0.15) is 44.9 Å². The maximum absolute atomic E-state index is 12.4. The minimum Gasteiger partial charge on any atom is -0.469 e. The number of hydrogen-bond acceptors (Lipinski definition) is 3. The van der Waals surface area contributed by atoms with Crippen molar-refractivity contribution in [3.05, 3.63) is 25.3 Å². The topological polar surface area (TPSA) is 46.6 Å². The van der Waals surface area contributed by atoms with Crippen LogP contribution in [0.2, 0.25) is 0 Å². The van der Waals surface area contributed by atoms with Crippen LogP contribution in [0.4, 0.5) is 0 Å². The summed E-state index contributed by atoms with van der Waals surface area (Å²) in [6.07, 6.45) is 8.72. The highest BCUT2D eigenvalue weighted by atomic mass is 16.5. The van der Waals surface area contributed by atoms with Gasteiger partial charge in [-0.1, -0.05) is 12.2 Å². The third kappa shape index (κ3) is 3.95. The van der Waals surface area contributed by atoms with E-state index in [1.54, 1.807) is 0 Å². The lowest BCUT2D eigenvalue weighted by Crippen LogP contribution is -2.54. The Bertz CT molecular complexity index is 366. The number of amides is 1. The van der Waals surface area contributed by atoms with Crippen LogP contribution in [0.3, 0.4) is 0 Å². The molecule has 1 fully saturated rings. The quantitative estimate of drug-likeness (QED) is 0.532. The zero-order valence-electron chi connectivity index (χ0n) is 12.4. The molecule has 4 nitrogen and oxygen atoms in total. The van der Waals surface area contributed by atoms with Crippen molar-refractivity contribution in [2.45, 2.75) is 50.5 Å². The molecule has 0 radical (unpaired) electrons. The van der Waals surface area contributed by atoms with E-state index in [0.29, 0.717) is 0 Å². The average Bonchev–Trinajstić information content (AvgIpc) is 2.45. The van der Waals surface area contributed by atoms with Gasteiger partial charge in [-0.05, 0) is 32.1 Å². The Morgan fingerprint density at radius 1 is 1.20 bits per heavy atom. The van der Waals surface area contributed by atoms with E-state index in [4.69, 9.17) is 0 Å². The first-order chi connectivity index (χ1) is 9.59. The molecule has 0 saturated carbocycles. The molecule has 0 aromatic rings. The predicted octanol–water partition coefficient (Wildman–Crippen LogP) is 2.84. The molecule has 1 rings (SSSR count). The predicted molar refractivity (Wildman–Crippen MR) is 79.2 cm³/mol. The molecule has 0 aromatic heterocycles. The maximum atomic E-state index is 12.4. The highest BCUT2D eigenvalue weighted by Crippen LogP contribution is 2.35. The molecule has 20 heavy (non-hydrogen) atoms. The summed E-state index contributed by atoms with van der Waals surface area (Å²) in [5.74, 6) is -0.313. The van der Waals surface area contributed by atoms with Gasteiger partial charge in [-0.3, -0.25) is 9.59 Å². The van der Waals surface area contributed by atoms with Crippen LogP contribution in [0.5, 0.6) is 0 Å². The maximum Gasteiger partial charge on any atom is 0.306 e. The molecule has 0 spiro atoms. The van der Waals surface area contributed by atoms with Crippen LogP contribution < -0.4 is 0 Å². The Balaban J connectivity index is 2.80. The number of piperidine rings is 1. The molecule has 0 atom stereocenters. The molecular formula is C16H25NO3. The normalized spacial score (nSPS) is 17.4. The number of likely N-dealkylation sites (tertiary alicyclic amines) is 1. The number of rotatable bonds is 7. The Hall–Kier alpha value is -1.58. The van der Waals surface area contributed by atoms with Crippen LogP contribution >= 0.6 is 0 Å². The molecule has 1 heterocycles. The summed E-state index contributed by atoms with van der Waals surface area (Å²) in [5.41, 5.74) is -0.199. The number of carbonyl (C=O) groups is 2. The Morgan fingerprint density at radius 3 is 2.40 bits per heavy atom. The molecule has 1 saturated heterocycles.